The van der Waals surface area contributed by atoms with Crippen LogP contribution in [-0.2, 0) is 20.9 Å². The van der Waals surface area contributed by atoms with Crippen LogP contribution in [0, 0.1) is 0 Å². The number of amides is 2. The van der Waals surface area contributed by atoms with Gasteiger partial charge in [-0.25, -0.2) is 0 Å². The summed E-state index contributed by atoms with van der Waals surface area (Å²) < 4.78 is 5.63. The molecule has 3 rings (SSSR count). The minimum absolute atomic E-state index is 0.0923. The summed E-state index contributed by atoms with van der Waals surface area (Å²) in [6.45, 7) is 3.72. The van der Waals surface area contributed by atoms with E-state index in [9.17, 15) is 9.59 Å². The Morgan fingerprint density at radius 2 is 1.71 bits per heavy atom. The standard InChI is InChI=1S/C19H26N2O3/c1-15(22)20-11-9-18(10-12-20)21(17-7-8-17)19(23)14-24-13-16-5-3-2-4-6-16/h2-6,17-18H,7-14H2,1H3. The summed E-state index contributed by atoms with van der Waals surface area (Å²) in [4.78, 5) is 28.0. The van der Waals surface area contributed by atoms with E-state index in [1.165, 1.54) is 0 Å². The number of piperidine rings is 1. The van der Waals surface area contributed by atoms with Gasteiger partial charge in [-0.2, -0.15) is 0 Å². The van der Waals surface area contributed by atoms with Crippen molar-refractivity contribution in [3.8, 4) is 0 Å². The number of nitrogens with zero attached hydrogens (tertiary/aromatic N) is 2. The fourth-order valence-corrected chi connectivity index (χ4v) is 3.42. The van der Waals surface area contributed by atoms with Gasteiger partial charge in [-0.05, 0) is 31.2 Å². The lowest BCUT2D eigenvalue weighted by atomic mass is 10.0. The highest BCUT2D eigenvalue weighted by Crippen LogP contribution is 2.32. The molecule has 0 unspecified atom stereocenters. The first kappa shape index (κ1) is 17.0. The number of benzene rings is 1. The number of rotatable bonds is 6. The third kappa shape index (κ3) is 4.35. The molecule has 0 radical (unpaired) electrons. The van der Waals surface area contributed by atoms with Crippen LogP contribution in [0.25, 0.3) is 0 Å². The second-order valence-corrected chi connectivity index (χ2v) is 6.75. The molecule has 130 valence electrons. The fourth-order valence-electron chi connectivity index (χ4n) is 3.42. The van der Waals surface area contributed by atoms with Crippen LogP contribution in [0.1, 0.15) is 38.2 Å². The number of hydrogen-bond acceptors (Lipinski definition) is 3. The lowest BCUT2D eigenvalue weighted by Gasteiger charge is -2.38. The van der Waals surface area contributed by atoms with Gasteiger partial charge < -0.3 is 14.5 Å². The molecule has 0 aromatic heterocycles. The van der Waals surface area contributed by atoms with E-state index in [2.05, 4.69) is 0 Å². The van der Waals surface area contributed by atoms with Crippen molar-refractivity contribution in [3.63, 3.8) is 0 Å². The molecule has 0 bridgehead atoms. The van der Waals surface area contributed by atoms with Crippen LogP contribution in [0.15, 0.2) is 30.3 Å². The second kappa shape index (κ2) is 7.79. The zero-order chi connectivity index (χ0) is 16.9. The predicted molar refractivity (Wildman–Crippen MR) is 91.2 cm³/mol. The quantitative estimate of drug-likeness (QED) is 0.803. The third-order valence-electron chi connectivity index (χ3n) is 4.87. The Balaban J connectivity index is 1.50. The third-order valence-corrected chi connectivity index (χ3v) is 4.87. The molecule has 2 aliphatic rings. The van der Waals surface area contributed by atoms with Gasteiger partial charge >= 0.3 is 0 Å². The van der Waals surface area contributed by atoms with Crippen LogP contribution >= 0.6 is 0 Å². The van der Waals surface area contributed by atoms with E-state index in [0.717, 1.165) is 44.3 Å². The van der Waals surface area contributed by atoms with Crippen LogP contribution in [0.4, 0.5) is 0 Å². The first-order chi connectivity index (χ1) is 11.6. The van der Waals surface area contributed by atoms with E-state index in [4.69, 9.17) is 4.74 Å². The Morgan fingerprint density at radius 1 is 1.08 bits per heavy atom. The predicted octanol–water partition coefficient (Wildman–Crippen LogP) is 2.21. The molecule has 1 aliphatic heterocycles. The van der Waals surface area contributed by atoms with Crippen molar-refractivity contribution in [2.75, 3.05) is 19.7 Å². The van der Waals surface area contributed by atoms with Crippen molar-refractivity contribution < 1.29 is 14.3 Å². The van der Waals surface area contributed by atoms with Gasteiger partial charge in [0.25, 0.3) is 0 Å². The van der Waals surface area contributed by atoms with Gasteiger partial charge in [-0.15, -0.1) is 0 Å². The average Bonchev–Trinajstić information content (AvgIpc) is 3.41. The summed E-state index contributed by atoms with van der Waals surface area (Å²) >= 11 is 0. The largest absolute Gasteiger partial charge is 0.367 e. The maximum atomic E-state index is 12.6. The summed E-state index contributed by atoms with van der Waals surface area (Å²) in [6.07, 6.45) is 3.94. The Labute approximate surface area is 143 Å². The zero-order valence-electron chi connectivity index (χ0n) is 14.3. The Hall–Kier alpha value is -1.88. The lowest BCUT2D eigenvalue weighted by molar-refractivity contribution is -0.141. The summed E-state index contributed by atoms with van der Waals surface area (Å²) in [5.74, 6) is 0.221. The first-order valence-corrected chi connectivity index (χ1v) is 8.83. The number of carbonyl (C=O) groups excluding carboxylic acids is 2. The van der Waals surface area contributed by atoms with Crippen LogP contribution in [-0.4, -0.2) is 53.4 Å². The maximum Gasteiger partial charge on any atom is 0.249 e. The fraction of sp³-hybridized carbons (Fsp3) is 0.579. The Kier molecular flexibility index (Phi) is 5.51. The van der Waals surface area contributed by atoms with Crippen molar-refractivity contribution in [2.45, 2.75) is 51.3 Å². The molecule has 1 aliphatic carbocycles. The van der Waals surface area contributed by atoms with Gasteiger partial charge in [0.2, 0.25) is 11.8 Å². The number of likely N-dealkylation sites (tertiary alicyclic amines) is 1. The molecule has 1 heterocycles. The average molecular weight is 330 g/mol. The summed E-state index contributed by atoms with van der Waals surface area (Å²) in [5.41, 5.74) is 1.08. The van der Waals surface area contributed by atoms with E-state index in [-0.39, 0.29) is 24.5 Å². The zero-order valence-corrected chi connectivity index (χ0v) is 14.3. The smallest absolute Gasteiger partial charge is 0.249 e. The molecule has 1 aromatic rings. The molecule has 24 heavy (non-hydrogen) atoms. The molecule has 0 N–H and O–H groups in total. The van der Waals surface area contributed by atoms with E-state index in [1.807, 2.05) is 40.1 Å². The van der Waals surface area contributed by atoms with Crippen molar-refractivity contribution in [2.24, 2.45) is 0 Å². The van der Waals surface area contributed by atoms with Crippen molar-refractivity contribution in [1.29, 1.82) is 0 Å². The highest BCUT2D eigenvalue weighted by atomic mass is 16.5. The number of carbonyl (C=O) groups is 2. The first-order valence-electron chi connectivity index (χ1n) is 8.83. The van der Waals surface area contributed by atoms with Crippen LogP contribution in [0.3, 0.4) is 0 Å². The molecule has 5 heteroatoms. The van der Waals surface area contributed by atoms with Crippen molar-refractivity contribution in [3.05, 3.63) is 35.9 Å². The minimum atomic E-state index is 0.0923. The highest BCUT2D eigenvalue weighted by molar-refractivity contribution is 5.78. The number of ether oxygens (including phenoxy) is 1. The Morgan fingerprint density at radius 3 is 2.29 bits per heavy atom. The van der Waals surface area contributed by atoms with Gasteiger partial charge in [-0.3, -0.25) is 9.59 Å². The number of hydrogen-bond donors (Lipinski definition) is 0. The van der Waals surface area contributed by atoms with Crippen molar-refractivity contribution in [1.82, 2.24) is 9.80 Å². The van der Waals surface area contributed by atoms with Gasteiger partial charge in [0.1, 0.15) is 6.61 Å². The minimum Gasteiger partial charge on any atom is -0.367 e. The van der Waals surface area contributed by atoms with Crippen molar-refractivity contribution >= 4 is 11.8 Å². The molecule has 2 amide bonds. The molecular weight excluding hydrogens is 304 g/mol. The Bertz CT molecular complexity index is 563. The maximum absolute atomic E-state index is 12.6. The van der Waals surface area contributed by atoms with E-state index in [1.54, 1.807) is 6.92 Å². The molecule has 0 atom stereocenters. The van der Waals surface area contributed by atoms with Gasteiger partial charge in [-0.1, -0.05) is 30.3 Å². The van der Waals surface area contributed by atoms with E-state index in [0.29, 0.717) is 12.6 Å². The topological polar surface area (TPSA) is 49.9 Å². The molecule has 1 saturated carbocycles. The second-order valence-electron chi connectivity index (χ2n) is 6.75. The van der Waals surface area contributed by atoms with Crippen LogP contribution in [0.2, 0.25) is 0 Å². The molecular formula is C19H26N2O3. The van der Waals surface area contributed by atoms with Crippen LogP contribution < -0.4 is 0 Å². The molecule has 1 saturated heterocycles. The van der Waals surface area contributed by atoms with Crippen LogP contribution in [0.5, 0.6) is 0 Å². The van der Waals surface area contributed by atoms with E-state index < -0.39 is 0 Å². The monoisotopic (exact) mass is 330 g/mol. The lowest BCUT2D eigenvalue weighted by Crippen LogP contribution is -2.50. The molecule has 5 nitrogen and oxygen atoms in total. The molecule has 0 spiro atoms. The molecule has 1 aromatic carbocycles. The van der Waals surface area contributed by atoms with Gasteiger partial charge in [0.05, 0.1) is 6.61 Å². The molecule has 2 fully saturated rings. The SMILES string of the molecule is CC(=O)N1CCC(N(C(=O)COCc2ccccc2)C2CC2)CC1. The van der Waals surface area contributed by atoms with Gasteiger partial charge in [0, 0.05) is 32.1 Å². The summed E-state index contributed by atoms with van der Waals surface area (Å²) in [6, 6.07) is 10.5. The summed E-state index contributed by atoms with van der Waals surface area (Å²) in [5, 5.41) is 0. The normalized spacial score (nSPS) is 18.5. The van der Waals surface area contributed by atoms with E-state index >= 15 is 0 Å². The summed E-state index contributed by atoms with van der Waals surface area (Å²) in [7, 11) is 0. The van der Waals surface area contributed by atoms with Gasteiger partial charge in [0.15, 0.2) is 0 Å². The highest BCUT2D eigenvalue weighted by Gasteiger charge is 2.38.